The van der Waals surface area contributed by atoms with E-state index in [2.05, 4.69) is 38.6 Å². The smallest absolute Gasteiger partial charge is 0.327 e. The first kappa shape index (κ1) is 31.4. The topological polar surface area (TPSA) is 231 Å². The first-order valence-electron chi connectivity index (χ1n) is 12.5. The molecule has 39 heavy (non-hydrogen) atoms. The molecule has 0 aliphatic heterocycles. The van der Waals surface area contributed by atoms with E-state index in [1.165, 1.54) is 0 Å². The summed E-state index contributed by atoms with van der Waals surface area (Å²) in [4.78, 5) is 57.8. The van der Waals surface area contributed by atoms with Crippen molar-refractivity contribution >= 4 is 53.2 Å². The second kappa shape index (κ2) is 15.0. The maximum atomic E-state index is 13.4. The molecule has 1 heterocycles. The Hall–Kier alpha value is -3.78. The van der Waals surface area contributed by atoms with Crippen LogP contribution < -0.4 is 33.2 Å². The Balaban J connectivity index is 2.31. The summed E-state index contributed by atoms with van der Waals surface area (Å²) in [6.07, 6.45) is 2.30. The zero-order chi connectivity index (χ0) is 29.1. The molecule has 13 nitrogen and oxygen atoms in total. The molecule has 0 aliphatic rings. The lowest BCUT2D eigenvalue weighted by Crippen LogP contribution is -2.58. The number of fused-ring (bicyclic) bond motifs is 1. The van der Waals surface area contributed by atoms with Gasteiger partial charge in [-0.1, -0.05) is 32.0 Å². The lowest BCUT2D eigenvalue weighted by Gasteiger charge is -2.25. The number of rotatable bonds is 15. The van der Waals surface area contributed by atoms with Crippen molar-refractivity contribution in [2.24, 2.45) is 28.1 Å². The molecule has 4 atom stereocenters. The van der Waals surface area contributed by atoms with Gasteiger partial charge < -0.3 is 43.2 Å². The van der Waals surface area contributed by atoms with E-state index in [0.29, 0.717) is 6.42 Å². The predicted molar refractivity (Wildman–Crippen MR) is 152 cm³/mol. The van der Waals surface area contributed by atoms with E-state index in [1.807, 2.05) is 24.3 Å². The van der Waals surface area contributed by atoms with E-state index in [9.17, 15) is 24.3 Å². The molecule has 2 rings (SSSR count). The van der Waals surface area contributed by atoms with Crippen molar-refractivity contribution in [1.82, 2.24) is 20.9 Å². The minimum atomic E-state index is -1.26. The van der Waals surface area contributed by atoms with Crippen LogP contribution in [0.5, 0.6) is 0 Å². The van der Waals surface area contributed by atoms with Crippen LogP contribution in [0.25, 0.3) is 10.9 Å². The van der Waals surface area contributed by atoms with Crippen molar-refractivity contribution in [3.05, 3.63) is 36.0 Å². The number of thiol groups is 1. The monoisotopic (exact) mass is 562 g/mol. The lowest BCUT2D eigenvalue weighted by molar-refractivity contribution is -0.141. The maximum Gasteiger partial charge on any atom is 0.327 e. The molecule has 3 amide bonds. The number of H-pyrrole nitrogens is 1. The van der Waals surface area contributed by atoms with Crippen molar-refractivity contribution in [2.45, 2.75) is 57.3 Å². The van der Waals surface area contributed by atoms with Crippen LogP contribution in [0.2, 0.25) is 0 Å². The third-order valence-electron chi connectivity index (χ3n) is 6.13. The van der Waals surface area contributed by atoms with Crippen molar-refractivity contribution in [2.75, 3.05) is 12.3 Å². The van der Waals surface area contributed by atoms with E-state index in [0.717, 1.165) is 16.5 Å². The van der Waals surface area contributed by atoms with E-state index in [1.54, 1.807) is 20.0 Å². The summed E-state index contributed by atoms with van der Waals surface area (Å²) in [6.45, 7) is 3.78. The first-order valence-corrected chi connectivity index (χ1v) is 13.2. The molecule has 14 heteroatoms. The molecular weight excluding hydrogens is 524 g/mol. The largest absolute Gasteiger partial charge is 0.480 e. The summed E-state index contributed by atoms with van der Waals surface area (Å²) in [5, 5.41) is 18.0. The molecule has 0 aliphatic carbocycles. The van der Waals surface area contributed by atoms with E-state index < -0.39 is 47.9 Å². The summed E-state index contributed by atoms with van der Waals surface area (Å²) in [7, 11) is 0. The predicted octanol–water partition coefficient (Wildman–Crippen LogP) is -0.784. The Morgan fingerprint density at radius 1 is 1.00 bits per heavy atom. The van der Waals surface area contributed by atoms with Crippen molar-refractivity contribution in [3.8, 4) is 0 Å². The normalized spacial score (nSPS) is 14.2. The number of benzene rings is 1. The first-order chi connectivity index (χ1) is 18.4. The molecule has 0 saturated heterocycles. The van der Waals surface area contributed by atoms with Crippen molar-refractivity contribution in [3.63, 3.8) is 0 Å². The van der Waals surface area contributed by atoms with Crippen LogP contribution >= 0.6 is 12.6 Å². The Bertz CT molecular complexity index is 1180. The van der Waals surface area contributed by atoms with Gasteiger partial charge in [0.1, 0.15) is 18.1 Å². The minimum absolute atomic E-state index is 0.0562. The number of carbonyl (C=O) groups is 4. The Morgan fingerprint density at radius 3 is 2.23 bits per heavy atom. The van der Waals surface area contributed by atoms with Crippen LogP contribution in [0, 0.1) is 5.92 Å². The number of carboxylic acid groups (broad SMARTS) is 1. The molecule has 0 bridgehead atoms. The lowest BCUT2D eigenvalue weighted by atomic mass is 10.0. The molecule has 2 aromatic rings. The highest BCUT2D eigenvalue weighted by molar-refractivity contribution is 7.80. The molecule has 0 spiro atoms. The molecule has 4 unspecified atom stereocenters. The molecule has 0 saturated carbocycles. The Morgan fingerprint density at radius 2 is 1.62 bits per heavy atom. The van der Waals surface area contributed by atoms with Crippen LogP contribution in [0.1, 0.15) is 32.3 Å². The van der Waals surface area contributed by atoms with Crippen LogP contribution in [0.3, 0.4) is 0 Å². The van der Waals surface area contributed by atoms with Gasteiger partial charge in [-0.25, -0.2) is 4.79 Å². The van der Waals surface area contributed by atoms with Gasteiger partial charge in [0, 0.05) is 35.8 Å². The number of para-hydroxylation sites is 1. The second-order valence-electron chi connectivity index (χ2n) is 9.49. The molecule has 11 N–H and O–H groups in total. The van der Waals surface area contributed by atoms with E-state index in [-0.39, 0.29) is 37.0 Å². The maximum absolute atomic E-state index is 13.4. The van der Waals surface area contributed by atoms with Gasteiger partial charge in [0.2, 0.25) is 17.7 Å². The summed E-state index contributed by atoms with van der Waals surface area (Å²) < 4.78 is 0. The number of aliphatic carboxylic acids is 1. The Labute approximate surface area is 232 Å². The number of amides is 3. The molecule has 214 valence electrons. The van der Waals surface area contributed by atoms with Crippen LogP contribution in [-0.4, -0.2) is 76.2 Å². The third-order valence-corrected chi connectivity index (χ3v) is 6.49. The fourth-order valence-electron chi connectivity index (χ4n) is 3.80. The molecule has 1 aromatic heterocycles. The van der Waals surface area contributed by atoms with Crippen molar-refractivity contribution in [1.29, 1.82) is 0 Å². The number of nitrogens with zero attached hydrogens (tertiary/aromatic N) is 1. The number of guanidine groups is 1. The zero-order valence-electron chi connectivity index (χ0n) is 22.0. The number of aromatic nitrogens is 1. The number of aliphatic imine (C=N–C) groups is 1. The van der Waals surface area contributed by atoms with E-state index >= 15 is 0 Å². The quantitative estimate of drug-likeness (QED) is 0.0577. The fraction of sp³-hybridized carbons (Fsp3) is 0.480. The van der Waals surface area contributed by atoms with Gasteiger partial charge in [0.15, 0.2) is 5.96 Å². The summed E-state index contributed by atoms with van der Waals surface area (Å²) in [5.74, 6) is -3.56. The number of nitrogens with one attached hydrogen (secondary N) is 4. The number of aromatic amines is 1. The summed E-state index contributed by atoms with van der Waals surface area (Å²) in [6, 6.07) is 3.12. The Kier molecular flexibility index (Phi) is 12.1. The van der Waals surface area contributed by atoms with Crippen molar-refractivity contribution < 1.29 is 24.3 Å². The average molecular weight is 563 g/mol. The number of carbonyl (C=O) groups excluding carboxylic acids is 3. The average Bonchev–Trinajstić information content (AvgIpc) is 3.30. The van der Waals surface area contributed by atoms with Crippen LogP contribution in [0.4, 0.5) is 0 Å². The second-order valence-corrected chi connectivity index (χ2v) is 9.85. The summed E-state index contributed by atoms with van der Waals surface area (Å²) in [5.41, 5.74) is 18.3. The minimum Gasteiger partial charge on any atom is -0.480 e. The number of hydrogen-bond donors (Lipinski definition) is 9. The number of carboxylic acids is 1. The highest BCUT2D eigenvalue weighted by Crippen LogP contribution is 2.19. The highest BCUT2D eigenvalue weighted by atomic mass is 32.1. The van der Waals surface area contributed by atoms with Crippen LogP contribution in [-0.2, 0) is 25.6 Å². The van der Waals surface area contributed by atoms with Gasteiger partial charge in [-0.3, -0.25) is 19.4 Å². The van der Waals surface area contributed by atoms with Gasteiger partial charge in [0.05, 0.1) is 6.04 Å². The van der Waals surface area contributed by atoms with Gasteiger partial charge in [-0.2, -0.15) is 12.6 Å². The summed E-state index contributed by atoms with van der Waals surface area (Å²) >= 11 is 4.00. The molecule has 1 aromatic carbocycles. The standard InChI is InChI=1S/C25H38N8O5S/c1-13(2)20(26)23(36)31-17(8-5-9-29-25(27)28)21(34)32-18(22(35)33-19(12-39)24(37)38)10-14-11-30-16-7-4-3-6-15(14)16/h3-4,6-7,11,13,17-20,30,39H,5,8-10,12,26H2,1-2H3,(H,31,36)(H,32,34)(H,33,35)(H,37,38)(H4,27,28,29). The van der Waals surface area contributed by atoms with Gasteiger partial charge >= 0.3 is 5.97 Å². The number of nitrogens with two attached hydrogens (primary N) is 3. The van der Waals surface area contributed by atoms with Gasteiger partial charge in [0.25, 0.3) is 0 Å². The zero-order valence-corrected chi connectivity index (χ0v) is 22.9. The SMILES string of the molecule is CC(C)C(N)C(=O)NC(CCCN=C(N)N)C(=O)NC(Cc1c[nH]c2ccccc12)C(=O)NC(CS)C(=O)O. The van der Waals surface area contributed by atoms with Gasteiger partial charge in [-0.05, 0) is 30.4 Å². The highest BCUT2D eigenvalue weighted by Gasteiger charge is 2.31. The van der Waals surface area contributed by atoms with Crippen LogP contribution in [0.15, 0.2) is 35.5 Å². The van der Waals surface area contributed by atoms with E-state index in [4.69, 9.17) is 17.2 Å². The van der Waals surface area contributed by atoms with Gasteiger partial charge in [-0.15, -0.1) is 0 Å². The number of hydrogen-bond acceptors (Lipinski definition) is 7. The molecular formula is C25H38N8O5S. The fourth-order valence-corrected chi connectivity index (χ4v) is 4.05. The molecule has 0 radical (unpaired) electrons. The molecule has 0 fully saturated rings. The third kappa shape index (κ3) is 9.48.